The lowest BCUT2D eigenvalue weighted by molar-refractivity contribution is 0.124. The van der Waals surface area contributed by atoms with E-state index in [1.807, 2.05) is 7.05 Å². The van der Waals surface area contributed by atoms with Gasteiger partial charge in [0, 0.05) is 53.4 Å². The normalized spacial score (nSPS) is 20.8. The van der Waals surface area contributed by atoms with Crippen molar-refractivity contribution in [1.29, 1.82) is 0 Å². The van der Waals surface area contributed by atoms with Crippen LogP contribution in [-0.4, -0.2) is 75.7 Å². The van der Waals surface area contributed by atoms with Gasteiger partial charge in [0.1, 0.15) is 0 Å². The molecule has 0 aromatic rings. The summed E-state index contributed by atoms with van der Waals surface area (Å²) < 4.78 is 0. The largest absolute Gasteiger partial charge is 0.359 e. The summed E-state index contributed by atoms with van der Waals surface area (Å²) >= 11 is 0. The molecule has 0 bridgehead atoms. The summed E-state index contributed by atoms with van der Waals surface area (Å²) in [5.41, 5.74) is 0. The van der Waals surface area contributed by atoms with Gasteiger partial charge in [-0.2, -0.15) is 0 Å². The van der Waals surface area contributed by atoms with Crippen molar-refractivity contribution in [1.82, 2.24) is 20.4 Å². The second-order valence-corrected chi connectivity index (χ2v) is 5.04. The van der Waals surface area contributed by atoms with E-state index in [4.69, 9.17) is 0 Å². The highest BCUT2D eigenvalue weighted by molar-refractivity contribution is 5.79. The number of rotatable bonds is 5. The Labute approximate surface area is 112 Å². The van der Waals surface area contributed by atoms with Gasteiger partial charge in [0.15, 0.2) is 5.96 Å². The lowest BCUT2D eigenvalue weighted by atomic mass is 10.1. The fourth-order valence-corrected chi connectivity index (χ4v) is 2.34. The molecule has 0 spiro atoms. The van der Waals surface area contributed by atoms with Gasteiger partial charge in [-0.3, -0.25) is 4.99 Å². The SMILES string of the molecule is CCN1CCN(CC(C)CNC(=NC)NC)CC1. The number of hydrogen-bond donors (Lipinski definition) is 2. The number of nitrogens with zero attached hydrogens (tertiary/aromatic N) is 3. The summed E-state index contributed by atoms with van der Waals surface area (Å²) in [7, 11) is 3.69. The van der Waals surface area contributed by atoms with Gasteiger partial charge >= 0.3 is 0 Å². The zero-order chi connectivity index (χ0) is 13.4. The minimum absolute atomic E-state index is 0.642. The molecule has 5 nitrogen and oxygen atoms in total. The van der Waals surface area contributed by atoms with E-state index in [0.29, 0.717) is 5.92 Å². The fraction of sp³-hybridized carbons (Fsp3) is 0.923. The Morgan fingerprint density at radius 2 is 1.83 bits per heavy atom. The molecular weight excluding hydrogens is 226 g/mol. The standard InChI is InChI=1S/C13H29N5/c1-5-17-6-8-18(9-7-17)11-12(2)10-16-13(14-3)15-4/h12H,5-11H2,1-4H3,(H2,14,15,16). The van der Waals surface area contributed by atoms with Crippen LogP contribution in [0.1, 0.15) is 13.8 Å². The first-order chi connectivity index (χ1) is 8.69. The van der Waals surface area contributed by atoms with Crippen LogP contribution in [0.3, 0.4) is 0 Å². The van der Waals surface area contributed by atoms with Crippen LogP contribution in [0.15, 0.2) is 4.99 Å². The maximum Gasteiger partial charge on any atom is 0.190 e. The molecule has 106 valence electrons. The highest BCUT2D eigenvalue weighted by Gasteiger charge is 2.17. The van der Waals surface area contributed by atoms with Gasteiger partial charge in [0.05, 0.1) is 0 Å². The molecule has 0 aromatic carbocycles. The van der Waals surface area contributed by atoms with E-state index in [2.05, 4.69) is 39.3 Å². The molecule has 0 saturated carbocycles. The van der Waals surface area contributed by atoms with E-state index in [1.54, 1.807) is 7.05 Å². The summed E-state index contributed by atoms with van der Waals surface area (Å²) in [5, 5.41) is 6.37. The van der Waals surface area contributed by atoms with Gasteiger partial charge < -0.3 is 20.4 Å². The van der Waals surface area contributed by atoms with Gasteiger partial charge in [-0.1, -0.05) is 13.8 Å². The second-order valence-electron chi connectivity index (χ2n) is 5.04. The zero-order valence-corrected chi connectivity index (χ0v) is 12.4. The smallest absolute Gasteiger partial charge is 0.190 e. The highest BCUT2D eigenvalue weighted by atomic mass is 15.3. The zero-order valence-electron chi connectivity index (χ0n) is 12.4. The third kappa shape index (κ3) is 5.23. The first-order valence-electron chi connectivity index (χ1n) is 7.02. The quantitative estimate of drug-likeness (QED) is 0.538. The number of guanidine groups is 1. The second kappa shape index (κ2) is 8.32. The van der Waals surface area contributed by atoms with Crippen molar-refractivity contribution in [2.45, 2.75) is 13.8 Å². The van der Waals surface area contributed by atoms with Crippen molar-refractivity contribution in [3.63, 3.8) is 0 Å². The van der Waals surface area contributed by atoms with Gasteiger partial charge in [-0.05, 0) is 12.5 Å². The van der Waals surface area contributed by atoms with Crippen molar-refractivity contribution in [3.8, 4) is 0 Å². The Kier molecular flexibility index (Phi) is 7.05. The third-order valence-corrected chi connectivity index (χ3v) is 3.56. The summed E-state index contributed by atoms with van der Waals surface area (Å²) in [5.74, 6) is 1.51. The number of nitrogens with one attached hydrogen (secondary N) is 2. The molecule has 0 aliphatic carbocycles. The van der Waals surface area contributed by atoms with E-state index in [-0.39, 0.29) is 0 Å². The van der Waals surface area contributed by atoms with Crippen LogP contribution in [0, 0.1) is 5.92 Å². The summed E-state index contributed by atoms with van der Waals surface area (Å²) in [4.78, 5) is 9.21. The average molecular weight is 255 g/mol. The maximum atomic E-state index is 4.12. The molecule has 5 heteroatoms. The van der Waals surface area contributed by atoms with Crippen molar-refractivity contribution in [3.05, 3.63) is 0 Å². The molecular formula is C13H29N5. The molecule has 1 aliphatic heterocycles. The lowest BCUT2D eigenvalue weighted by Crippen LogP contribution is -2.48. The van der Waals surface area contributed by atoms with Crippen LogP contribution in [-0.2, 0) is 0 Å². The summed E-state index contributed by atoms with van der Waals surface area (Å²) in [6.45, 7) is 12.7. The van der Waals surface area contributed by atoms with Crippen molar-refractivity contribution in [2.24, 2.45) is 10.9 Å². The topological polar surface area (TPSA) is 42.9 Å². The Balaban J connectivity index is 2.18. The Morgan fingerprint density at radius 3 is 2.33 bits per heavy atom. The molecule has 0 aromatic heterocycles. The number of aliphatic imine (C=N–C) groups is 1. The number of hydrogen-bond acceptors (Lipinski definition) is 3. The molecule has 1 rings (SSSR count). The van der Waals surface area contributed by atoms with Gasteiger partial charge in [-0.25, -0.2) is 0 Å². The van der Waals surface area contributed by atoms with E-state index < -0.39 is 0 Å². The van der Waals surface area contributed by atoms with Gasteiger partial charge in [-0.15, -0.1) is 0 Å². The molecule has 2 N–H and O–H groups in total. The van der Waals surface area contributed by atoms with E-state index in [9.17, 15) is 0 Å². The van der Waals surface area contributed by atoms with Crippen molar-refractivity contribution >= 4 is 5.96 Å². The van der Waals surface area contributed by atoms with Gasteiger partial charge in [0.25, 0.3) is 0 Å². The molecule has 1 heterocycles. The number of likely N-dealkylation sites (N-methyl/N-ethyl adjacent to an activating group) is 1. The average Bonchev–Trinajstić information content (AvgIpc) is 2.41. The molecule has 1 unspecified atom stereocenters. The number of piperazine rings is 1. The monoisotopic (exact) mass is 255 g/mol. The molecule has 1 aliphatic rings. The predicted octanol–water partition coefficient (Wildman–Crippen LogP) is 0.0548. The van der Waals surface area contributed by atoms with Gasteiger partial charge in [0.2, 0.25) is 0 Å². The molecule has 0 radical (unpaired) electrons. The third-order valence-electron chi connectivity index (χ3n) is 3.56. The van der Waals surface area contributed by atoms with Crippen LogP contribution < -0.4 is 10.6 Å². The van der Waals surface area contributed by atoms with Crippen molar-refractivity contribution in [2.75, 3.05) is 59.9 Å². The molecule has 18 heavy (non-hydrogen) atoms. The Bertz CT molecular complexity index is 246. The Hall–Kier alpha value is -0.810. The van der Waals surface area contributed by atoms with Crippen LogP contribution in [0.2, 0.25) is 0 Å². The molecule has 1 atom stereocenters. The molecule has 1 saturated heterocycles. The summed E-state index contributed by atoms with van der Waals surface area (Å²) in [6, 6.07) is 0. The minimum Gasteiger partial charge on any atom is -0.359 e. The van der Waals surface area contributed by atoms with Crippen LogP contribution >= 0.6 is 0 Å². The van der Waals surface area contributed by atoms with E-state index in [0.717, 1.165) is 12.5 Å². The molecule has 1 fully saturated rings. The lowest BCUT2D eigenvalue weighted by Gasteiger charge is -2.35. The van der Waals surface area contributed by atoms with E-state index >= 15 is 0 Å². The van der Waals surface area contributed by atoms with Crippen LogP contribution in [0.25, 0.3) is 0 Å². The Morgan fingerprint density at radius 1 is 1.22 bits per heavy atom. The van der Waals surface area contributed by atoms with Crippen molar-refractivity contribution < 1.29 is 0 Å². The molecule has 0 amide bonds. The first kappa shape index (κ1) is 15.2. The van der Waals surface area contributed by atoms with E-state index in [1.165, 1.54) is 39.3 Å². The maximum absolute atomic E-state index is 4.12. The fourth-order valence-electron chi connectivity index (χ4n) is 2.34. The highest BCUT2D eigenvalue weighted by Crippen LogP contribution is 2.04. The van der Waals surface area contributed by atoms with Crippen LogP contribution in [0.5, 0.6) is 0 Å². The first-order valence-corrected chi connectivity index (χ1v) is 7.02. The predicted molar refractivity (Wildman–Crippen MR) is 78.1 cm³/mol. The summed E-state index contributed by atoms with van der Waals surface area (Å²) in [6.07, 6.45) is 0. The minimum atomic E-state index is 0.642. The van der Waals surface area contributed by atoms with Crippen LogP contribution in [0.4, 0.5) is 0 Å².